The van der Waals surface area contributed by atoms with Gasteiger partial charge in [0.1, 0.15) is 17.9 Å². The van der Waals surface area contributed by atoms with Gasteiger partial charge in [0.2, 0.25) is 9.84 Å². The maximum Gasteiger partial charge on any atom is 0.471 e. The minimum atomic E-state index is -5.04. The summed E-state index contributed by atoms with van der Waals surface area (Å²) < 4.78 is 71.7. The van der Waals surface area contributed by atoms with Gasteiger partial charge in [-0.05, 0) is 53.4 Å². The summed E-state index contributed by atoms with van der Waals surface area (Å²) in [5.74, 6) is -3.32. The second-order valence-electron chi connectivity index (χ2n) is 9.34. The van der Waals surface area contributed by atoms with Crippen molar-refractivity contribution in [1.29, 1.82) is 0 Å². The first kappa shape index (κ1) is 30.3. The van der Waals surface area contributed by atoms with Crippen molar-refractivity contribution in [3.63, 3.8) is 0 Å². The number of carboxylic acid groups (broad SMARTS) is 1. The van der Waals surface area contributed by atoms with Crippen LogP contribution in [0.2, 0.25) is 0 Å². The van der Waals surface area contributed by atoms with Crippen LogP contribution < -0.4 is 4.74 Å². The number of carbonyl (C=O) groups is 2. The number of aromatic carboxylic acids is 1. The lowest BCUT2D eigenvalue weighted by Gasteiger charge is -2.24. The molecule has 0 unspecified atom stereocenters. The smallest absolute Gasteiger partial charge is 0.471 e. The molecule has 0 aliphatic carbocycles. The number of nitrogens with zero attached hydrogens (tertiary/aromatic N) is 1. The molecule has 0 bridgehead atoms. The number of benzene rings is 4. The van der Waals surface area contributed by atoms with E-state index in [2.05, 4.69) is 0 Å². The maximum atomic E-state index is 13.3. The van der Waals surface area contributed by atoms with E-state index < -0.39 is 27.9 Å². The van der Waals surface area contributed by atoms with E-state index in [9.17, 15) is 36.3 Å². The van der Waals surface area contributed by atoms with Crippen molar-refractivity contribution < 1.29 is 41.0 Å². The Balaban J connectivity index is 1.49. The number of rotatable bonds is 11. The lowest BCUT2D eigenvalue weighted by atomic mass is 10.1. The van der Waals surface area contributed by atoms with E-state index in [0.717, 1.165) is 11.6 Å². The highest BCUT2D eigenvalue weighted by atomic mass is 32.2. The van der Waals surface area contributed by atoms with E-state index >= 15 is 0 Å². The second-order valence-corrected chi connectivity index (χ2v) is 11.3. The summed E-state index contributed by atoms with van der Waals surface area (Å²) in [6.45, 7) is -0.389. The number of halogens is 3. The maximum absolute atomic E-state index is 13.3. The molecule has 4 rings (SSSR count). The molecule has 0 fully saturated rings. The summed E-state index contributed by atoms with van der Waals surface area (Å²) in [4.78, 5) is 24.2. The number of carboxylic acids is 1. The van der Waals surface area contributed by atoms with Gasteiger partial charge in [-0.3, -0.25) is 4.79 Å². The molecule has 0 heterocycles. The number of carbonyl (C=O) groups excluding carboxylic acids is 1. The molecule has 11 heteroatoms. The number of ether oxygens (including phenoxy) is 1. The number of hydrogen-bond acceptors (Lipinski definition) is 5. The van der Waals surface area contributed by atoms with Crippen LogP contribution >= 0.6 is 0 Å². The molecule has 0 aliphatic heterocycles. The first-order chi connectivity index (χ1) is 19.9. The average molecular weight is 598 g/mol. The van der Waals surface area contributed by atoms with Crippen LogP contribution in [0.4, 0.5) is 13.2 Å². The van der Waals surface area contributed by atoms with Gasteiger partial charge < -0.3 is 14.7 Å². The molecule has 1 N–H and O–H groups in total. The molecule has 0 aromatic heterocycles. The Morgan fingerprint density at radius 1 is 0.762 bits per heavy atom. The highest BCUT2D eigenvalue weighted by Gasteiger charge is 2.42. The molecule has 0 aliphatic rings. The van der Waals surface area contributed by atoms with Gasteiger partial charge in [-0.15, -0.1) is 0 Å². The lowest BCUT2D eigenvalue weighted by Crippen LogP contribution is -2.41. The Bertz CT molecular complexity index is 1640. The van der Waals surface area contributed by atoms with Crippen molar-refractivity contribution in [3.8, 4) is 5.75 Å². The predicted octanol–water partition coefficient (Wildman–Crippen LogP) is 5.93. The first-order valence-electron chi connectivity index (χ1n) is 12.7. The van der Waals surface area contributed by atoms with Gasteiger partial charge in [0.15, 0.2) is 0 Å². The number of sulfone groups is 1. The van der Waals surface area contributed by atoms with E-state index in [1.165, 1.54) is 36.4 Å². The van der Waals surface area contributed by atoms with Crippen LogP contribution in [-0.4, -0.2) is 43.0 Å². The van der Waals surface area contributed by atoms with Crippen molar-refractivity contribution in [2.75, 3.05) is 6.54 Å². The van der Waals surface area contributed by atoms with E-state index in [1.54, 1.807) is 54.6 Å². The van der Waals surface area contributed by atoms with Gasteiger partial charge in [-0.25, -0.2) is 13.2 Å². The zero-order valence-electron chi connectivity index (χ0n) is 22.1. The van der Waals surface area contributed by atoms with Gasteiger partial charge >= 0.3 is 18.1 Å². The van der Waals surface area contributed by atoms with Crippen LogP contribution in [0.25, 0.3) is 0 Å². The van der Waals surface area contributed by atoms with Crippen LogP contribution in [0.5, 0.6) is 5.75 Å². The van der Waals surface area contributed by atoms with Crippen molar-refractivity contribution in [1.82, 2.24) is 4.90 Å². The molecule has 218 valence electrons. The van der Waals surface area contributed by atoms with Crippen molar-refractivity contribution in [2.45, 2.75) is 35.5 Å². The van der Waals surface area contributed by atoms with Crippen LogP contribution in [0.15, 0.2) is 113 Å². The van der Waals surface area contributed by atoms with E-state index in [4.69, 9.17) is 4.74 Å². The third-order valence-electron chi connectivity index (χ3n) is 6.38. The Hall–Kier alpha value is -4.64. The topological polar surface area (TPSA) is 101 Å². The third-order valence-corrected chi connectivity index (χ3v) is 8.15. The first-order valence-corrected chi connectivity index (χ1v) is 14.2. The molecule has 1 amide bonds. The summed E-state index contributed by atoms with van der Waals surface area (Å²) >= 11 is 0. The minimum absolute atomic E-state index is 0.00844. The summed E-state index contributed by atoms with van der Waals surface area (Å²) in [5, 5.41) is 9.67. The van der Waals surface area contributed by atoms with Crippen LogP contribution in [0.3, 0.4) is 0 Å². The fraction of sp³-hybridized carbons (Fsp3) is 0.161. The van der Waals surface area contributed by atoms with Crippen molar-refractivity contribution in [3.05, 3.63) is 125 Å². The summed E-state index contributed by atoms with van der Waals surface area (Å²) in [7, 11) is -4.13. The van der Waals surface area contributed by atoms with Gasteiger partial charge in [0.25, 0.3) is 0 Å². The molecule has 4 aromatic carbocycles. The highest BCUT2D eigenvalue weighted by Crippen LogP contribution is 2.28. The number of alkyl halides is 3. The van der Waals surface area contributed by atoms with Gasteiger partial charge in [-0.1, -0.05) is 72.8 Å². The molecule has 42 heavy (non-hydrogen) atoms. The second kappa shape index (κ2) is 12.9. The zero-order chi connectivity index (χ0) is 30.3. The Kier molecular flexibility index (Phi) is 9.31. The Morgan fingerprint density at radius 2 is 1.33 bits per heavy atom. The number of amides is 1. The summed E-state index contributed by atoms with van der Waals surface area (Å²) in [6, 6.07) is 26.4. The highest BCUT2D eigenvalue weighted by molar-refractivity contribution is 7.91. The third kappa shape index (κ3) is 7.55. The molecular weight excluding hydrogens is 571 g/mol. The molecule has 7 nitrogen and oxygen atoms in total. The molecular formula is C31H26F3NO6S. The van der Waals surface area contributed by atoms with Crippen LogP contribution in [-0.2, 0) is 34.2 Å². The lowest BCUT2D eigenvalue weighted by molar-refractivity contribution is -0.186. The summed E-state index contributed by atoms with van der Waals surface area (Å²) in [6.07, 6.45) is -4.99. The van der Waals surface area contributed by atoms with Crippen LogP contribution in [0.1, 0.15) is 27.0 Å². The number of hydrogen-bond donors (Lipinski definition) is 1. The van der Waals surface area contributed by atoms with E-state index in [0.29, 0.717) is 16.0 Å². The molecule has 0 radical (unpaired) electrons. The molecule has 0 saturated heterocycles. The molecule has 0 atom stereocenters. The standard InChI is InChI=1S/C31H26F3NO6S/c32-31(33,34)30(38)35(20-23-7-3-1-4-8-23)18-17-22-11-13-25(14-12-22)42(39,40)26-15-16-28(27(19-26)29(36)37)41-21-24-9-5-2-6-10-24/h1-16,19H,17-18,20-21H2,(H,36,37). The van der Waals surface area contributed by atoms with Gasteiger partial charge in [0, 0.05) is 13.1 Å². The molecule has 0 spiro atoms. The van der Waals surface area contributed by atoms with Crippen molar-refractivity contribution >= 4 is 21.7 Å². The fourth-order valence-corrected chi connectivity index (χ4v) is 5.46. The molecule has 0 saturated carbocycles. The van der Waals surface area contributed by atoms with Crippen LogP contribution in [0, 0.1) is 0 Å². The monoisotopic (exact) mass is 597 g/mol. The van der Waals surface area contributed by atoms with Crippen molar-refractivity contribution in [2.24, 2.45) is 0 Å². The minimum Gasteiger partial charge on any atom is -0.488 e. The van der Waals surface area contributed by atoms with Gasteiger partial charge in [-0.2, -0.15) is 13.2 Å². The predicted molar refractivity (Wildman–Crippen MR) is 148 cm³/mol. The van der Waals surface area contributed by atoms with E-state index in [-0.39, 0.29) is 47.2 Å². The Morgan fingerprint density at radius 3 is 1.90 bits per heavy atom. The summed E-state index contributed by atoms with van der Waals surface area (Å²) in [5.41, 5.74) is 1.53. The quantitative estimate of drug-likeness (QED) is 0.230. The zero-order valence-corrected chi connectivity index (χ0v) is 22.9. The molecule has 4 aromatic rings. The average Bonchev–Trinajstić information content (AvgIpc) is 2.98. The van der Waals surface area contributed by atoms with E-state index in [1.807, 2.05) is 6.07 Å². The largest absolute Gasteiger partial charge is 0.488 e. The van der Waals surface area contributed by atoms with Gasteiger partial charge in [0.05, 0.1) is 9.79 Å². The Labute approximate surface area is 240 Å². The normalized spacial score (nSPS) is 11.6. The fourth-order valence-electron chi connectivity index (χ4n) is 4.18. The SMILES string of the molecule is O=C(O)c1cc(S(=O)(=O)c2ccc(CCN(Cc3ccccc3)C(=O)C(F)(F)F)cc2)ccc1OCc1ccccc1.